The first-order chi connectivity index (χ1) is 10.9. The molecular formula is C14H13Cl3N4O2. The van der Waals surface area contributed by atoms with Crippen molar-refractivity contribution in [3.63, 3.8) is 0 Å². The van der Waals surface area contributed by atoms with E-state index in [1.54, 1.807) is 12.1 Å². The monoisotopic (exact) mass is 374 g/mol. The maximum Gasteiger partial charge on any atom is 0.287 e. The minimum atomic E-state index is -0.418. The highest BCUT2D eigenvalue weighted by molar-refractivity contribution is 6.37. The molecule has 0 unspecified atom stereocenters. The van der Waals surface area contributed by atoms with Gasteiger partial charge in [0.15, 0.2) is 5.75 Å². The van der Waals surface area contributed by atoms with Crippen molar-refractivity contribution >= 4 is 46.7 Å². The van der Waals surface area contributed by atoms with Gasteiger partial charge in [-0.25, -0.2) is 4.68 Å². The molecule has 0 amide bonds. The molecule has 1 N–H and O–H groups in total. The standard InChI is InChI=1S/C14H13Cl3N4O2/c1-3-23-13-9(15)4-8(5-10(13)16)6-18-20-11-7-19-21(2)14(22)12(11)17/h4-7,20H,3H2,1-2H3/b18-6-. The van der Waals surface area contributed by atoms with Crippen LogP contribution in [0.3, 0.4) is 0 Å². The van der Waals surface area contributed by atoms with E-state index in [1.165, 1.54) is 19.5 Å². The second-order valence-corrected chi connectivity index (χ2v) is 5.61. The van der Waals surface area contributed by atoms with Crippen LogP contribution in [0.2, 0.25) is 15.1 Å². The van der Waals surface area contributed by atoms with Gasteiger partial charge in [-0.15, -0.1) is 0 Å². The Morgan fingerprint density at radius 1 is 1.35 bits per heavy atom. The Labute approximate surface area is 147 Å². The molecule has 0 aliphatic carbocycles. The quantitative estimate of drug-likeness (QED) is 0.640. The van der Waals surface area contributed by atoms with Gasteiger partial charge in [0.2, 0.25) is 0 Å². The molecule has 0 atom stereocenters. The SMILES string of the molecule is CCOc1c(Cl)cc(/C=N\Nc2cnn(C)c(=O)c2Cl)cc1Cl. The van der Waals surface area contributed by atoms with Gasteiger partial charge >= 0.3 is 0 Å². The van der Waals surface area contributed by atoms with E-state index >= 15 is 0 Å². The van der Waals surface area contributed by atoms with Gasteiger partial charge in [-0.05, 0) is 24.6 Å². The number of hydrogen-bond acceptors (Lipinski definition) is 5. The summed E-state index contributed by atoms with van der Waals surface area (Å²) >= 11 is 18.1. The largest absolute Gasteiger partial charge is 0.491 e. The number of benzene rings is 1. The van der Waals surface area contributed by atoms with Crippen LogP contribution in [0.15, 0.2) is 28.2 Å². The van der Waals surface area contributed by atoms with Crippen LogP contribution in [0.4, 0.5) is 5.69 Å². The predicted molar refractivity (Wildman–Crippen MR) is 93.3 cm³/mol. The maximum atomic E-state index is 11.6. The third kappa shape index (κ3) is 4.16. The Bertz CT molecular complexity index is 782. The van der Waals surface area contributed by atoms with E-state index in [2.05, 4.69) is 15.6 Å². The van der Waals surface area contributed by atoms with Gasteiger partial charge in [-0.2, -0.15) is 10.2 Å². The molecule has 1 aromatic heterocycles. The Morgan fingerprint density at radius 2 is 2.00 bits per heavy atom. The van der Waals surface area contributed by atoms with Gasteiger partial charge in [0.05, 0.1) is 29.1 Å². The molecule has 0 radical (unpaired) electrons. The minimum absolute atomic E-state index is 0.00223. The Kier molecular flexibility index (Phi) is 5.87. The van der Waals surface area contributed by atoms with E-state index in [9.17, 15) is 4.79 Å². The van der Waals surface area contributed by atoms with Crippen LogP contribution < -0.4 is 15.7 Å². The molecule has 0 aliphatic heterocycles. The molecule has 0 saturated heterocycles. The number of hydrazone groups is 1. The molecule has 1 heterocycles. The molecule has 23 heavy (non-hydrogen) atoms. The summed E-state index contributed by atoms with van der Waals surface area (Å²) in [7, 11) is 1.51. The van der Waals surface area contributed by atoms with E-state index in [-0.39, 0.29) is 5.02 Å². The fourth-order valence-electron chi connectivity index (χ4n) is 1.70. The van der Waals surface area contributed by atoms with E-state index < -0.39 is 5.56 Å². The molecule has 0 fully saturated rings. The third-order valence-electron chi connectivity index (χ3n) is 2.79. The molecule has 2 aromatic rings. The van der Waals surface area contributed by atoms with Crippen molar-refractivity contribution in [3.05, 3.63) is 49.3 Å². The highest BCUT2D eigenvalue weighted by atomic mass is 35.5. The van der Waals surface area contributed by atoms with Crippen molar-refractivity contribution in [2.24, 2.45) is 12.1 Å². The number of halogens is 3. The van der Waals surface area contributed by atoms with Crippen LogP contribution in [0.25, 0.3) is 0 Å². The van der Waals surface area contributed by atoms with Crippen molar-refractivity contribution < 1.29 is 4.74 Å². The summed E-state index contributed by atoms with van der Waals surface area (Å²) in [6, 6.07) is 3.32. The fraction of sp³-hybridized carbons (Fsp3) is 0.214. The smallest absolute Gasteiger partial charge is 0.287 e. The molecule has 0 aliphatic rings. The van der Waals surface area contributed by atoms with Crippen LogP contribution in [0.5, 0.6) is 5.75 Å². The van der Waals surface area contributed by atoms with Crippen molar-refractivity contribution in [2.45, 2.75) is 6.92 Å². The summed E-state index contributed by atoms with van der Waals surface area (Å²) in [6.45, 7) is 2.30. The molecule has 122 valence electrons. The van der Waals surface area contributed by atoms with Crippen molar-refractivity contribution in [2.75, 3.05) is 12.0 Å². The summed E-state index contributed by atoms with van der Waals surface area (Å²) in [5.74, 6) is 0.430. The van der Waals surface area contributed by atoms with Gasteiger partial charge in [0.25, 0.3) is 5.56 Å². The van der Waals surface area contributed by atoms with E-state index in [1.807, 2.05) is 6.92 Å². The second kappa shape index (κ2) is 7.68. The maximum absolute atomic E-state index is 11.6. The van der Waals surface area contributed by atoms with Crippen molar-refractivity contribution in [3.8, 4) is 5.75 Å². The van der Waals surface area contributed by atoms with Crippen LogP contribution in [0.1, 0.15) is 12.5 Å². The predicted octanol–water partition coefficient (Wildman–Crippen LogP) is 3.59. The third-order valence-corrected chi connectivity index (χ3v) is 3.71. The average molecular weight is 376 g/mol. The number of rotatable bonds is 5. The second-order valence-electron chi connectivity index (χ2n) is 4.42. The normalized spacial score (nSPS) is 11.0. The van der Waals surface area contributed by atoms with E-state index in [0.717, 1.165) is 4.68 Å². The molecular weight excluding hydrogens is 363 g/mol. The first-order valence-electron chi connectivity index (χ1n) is 6.56. The van der Waals surface area contributed by atoms with Gasteiger partial charge in [-0.3, -0.25) is 10.2 Å². The van der Waals surface area contributed by atoms with Crippen molar-refractivity contribution in [1.82, 2.24) is 9.78 Å². The highest BCUT2D eigenvalue weighted by Gasteiger charge is 2.09. The lowest BCUT2D eigenvalue weighted by atomic mass is 10.2. The Hall–Kier alpha value is -1.76. The van der Waals surface area contributed by atoms with Crippen LogP contribution >= 0.6 is 34.8 Å². The zero-order valence-corrected chi connectivity index (χ0v) is 14.6. The number of aromatic nitrogens is 2. The number of hydrogen-bond donors (Lipinski definition) is 1. The number of anilines is 1. The van der Waals surface area contributed by atoms with Gasteiger partial charge in [-0.1, -0.05) is 34.8 Å². The number of nitrogens with one attached hydrogen (secondary N) is 1. The molecule has 1 aromatic carbocycles. The lowest BCUT2D eigenvalue weighted by molar-refractivity contribution is 0.340. The van der Waals surface area contributed by atoms with Gasteiger partial charge < -0.3 is 4.74 Å². The van der Waals surface area contributed by atoms with Crippen molar-refractivity contribution in [1.29, 1.82) is 0 Å². The molecule has 9 heteroatoms. The zero-order valence-electron chi connectivity index (χ0n) is 12.3. The number of nitrogens with zero attached hydrogens (tertiary/aromatic N) is 3. The minimum Gasteiger partial charge on any atom is -0.491 e. The lowest BCUT2D eigenvalue weighted by Crippen LogP contribution is -2.20. The molecule has 0 saturated carbocycles. The van der Waals surface area contributed by atoms with Crippen LogP contribution in [0, 0.1) is 0 Å². The summed E-state index contributed by atoms with van der Waals surface area (Å²) in [5.41, 5.74) is 3.19. The topological polar surface area (TPSA) is 68.5 Å². The Balaban J connectivity index is 2.18. The van der Waals surface area contributed by atoms with E-state index in [0.29, 0.717) is 33.7 Å². The van der Waals surface area contributed by atoms with Crippen LogP contribution in [-0.2, 0) is 7.05 Å². The first kappa shape index (κ1) is 17.6. The number of ether oxygens (including phenoxy) is 1. The highest BCUT2D eigenvalue weighted by Crippen LogP contribution is 2.33. The fourth-order valence-corrected chi connectivity index (χ4v) is 2.53. The van der Waals surface area contributed by atoms with Gasteiger partial charge in [0, 0.05) is 7.05 Å². The number of aryl methyl sites for hydroxylation is 1. The average Bonchev–Trinajstić information content (AvgIpc) is 2.51. The molecule has 2 rings (SSSR count). The summed E-state index contributed by atoms with van der Waals surface area (Å²) in [6.07, 6.45) is 2.89. The summed E-state index contributed by atoms with van der Waals surface area (Å²) < 4.78 is 6.48. The van der Waals surface area contributed by atoms with E-state index in [4.69, 9.17) is 39.5 Å². The molecule has 0 bridgehead atoms. The van der Waals surface area contributed by atoms with Crippen LogP contribution in [-0.4, -0.2) is 22.6 Å². The molecule has 0 spiro atoms. The lowest BCUT2D eigenvalue weighted by Gasteiger charge is -2.08. The van der Waals surface area contributed by atoms with Gasteiger partial charge in [0.1, 0.15) is 10.7 Å². The zero-order chi connectivity index (χ0) is 17.0. The first-order valence-corrected chi connectivity index (χ1v) is 7.70. The summed E-state index contributed by atoms with van der Waals surface area (Å²) in [5, 5.41) is 8.61. The summed E-state index contributed by atoms with van der Waals surface area (Å²) in [4.78, 5) is 11.6. The Morgan fingerprint density at radius 3 is 2.61 bits per heavy atom. The molecule has 6 nitrogen and oxygen atoms in total.